The van der Waals surface area contributed by atoms with E-state index in [0.717, 1.165) is 11.3 Å². The van der Waals surface area contributed by atoms with Crippen LogP contribution in [-0.4, -0.2) is 60.4 Å². The monoisotopic (exact) mass is 419 g/mol. The number of rotatable bonds is 7. The minimum absolute atomic E-state index is 0.00413. The van der Waals surface area contributed by atoms with Gasteiger partial charge in [-0.05, 0) is 36.4 Å². The minimum atomic E-state index is -3.31. The van der Waals surface area contributed by atoms with Gasteiger partial charge in [0.2, 0.25) is 0 Å². The summed E-state index contributed by atoms with van der Waals surface area (Å²) < 4.78 is 23.9. The quantitative estimate of drug-likeness (QED) is 0.608. The van der Waals surface area contributed by atoms with Crippen molar-refractivity contribution in [3.63, 3.8) is 0 Å². The largest absolute Gasteiger partial charge is 0.394 e. The molecule has 2 heterocycles. The Labute approximate surface area is 170 Å². The molecule has 3 N–H and O–H groups in total. The van der Waals surface area contributed by atoms with Crippen LogP contribution in [0.25, 0.3) is 0 Å². The highest BCUT2D eigenvalue weighted by atomic mass is 32.2. The third kappa shape index (κ3) is 4.32. The molecule has 1 aliphatic heterocycles. The molecule has 0 spiro atoms. The van der Waals surface area contributed by atoms with Crippen LogP contribution in [0.15, 0.2) is 41.4 Å². The number of aromatic nitrogens is 1. The first kappa shape index (κ1) is 21.4. The van der Waals surface area contributed by atoms with Crippen LogP contribution in [0.4, 0.5) is 0 Å². The number of nitrogens with zero attached hydrogens (tertiary/aromatic N) is 2. The second-order valence-corrected chi connectivity index (χ2v) is 9.34. The molecule has 2 aromatic rings. The number of fused-ring (bicyclic) bond motifs is 1. The number of hydrogen-bond donors (Lipinski definition) is 3. The fourth-order valence-corrected chi connectivity index (χ4v) is 4.32. The normalized spacial score (nSPS) is 17.7. The average Bonchev–Trinajstić information content (AvgIpc) is 3.05. The van der Waals surface area contributed by atoms with Crippen molar-refractivity contribution in [3.05, 3.63) is 58.9 Å². The van der Waals surface area contributed by atoms with Crippen LogP contribution in [0.2, 0.25) is 0 Å². The molecule has 0 saturated heterocycles. The molecule has 0 radical (unpaired) electrons. The van der Waals surface area contributed by atoms with Gasteiger partial charge in [-0.25, -0.2) is 8.42 Å². The summed E-state index contributed by atoms with van der Waals surface area (Å²) in [5.41, 5.74) is 2.61. The zero-order chi connectivity index (χ0) is 21.2. The molecule has 29 heavy (non-hydrogen) atoms. The topological polar surface area (TPSA) is 120 Å². The summed E-state index contributed by atoms with van der Waals surface area (Å²) in [4.78, 5) is 19.2. The lowest BCUT2D eigenvalue weighted by Crippen LogP contribution is -2.31. The second kappa shape index (κ2) is 8.58. The first-order valence-corrected chi connectivity index (χ1v) is 11.0. The molecule has 9 heteroatoms. The summed E-state index contributed by atoms with van der Waals surface area (Å²) in [5.74, 6) is -0.385. The summed E-state index contributed by atoms with van der Waals surface area (Å²) in [6.07, 6.45) is 1.46. The van der Waals surface area contributed by atoms with Crippen molar-refractivity contribution >= 4 is 15.7 Å². The van der Waals surface area contributed by atoms with Gasteiger partial charge in [-0.1, -0.05) is 19.1 Å². The third-order valence-electron chi connectivity index (χ3n) is 5.21. The number of likely N-dealkylation sites (N-methyl/N-ethyl adjacent to an activating group) is 1. The van der Waals surface area contributed by atoms with Gasteiger partial charge >= 0.3 is 0 Å². The molecule has 0 unspecified atom stereocenters. The van der Waals surface area contributed by atoms with Crippen molar-refractivity contribution in [2.24, 2.45) is 0 Å². The maximum absolute atomic E-state index is 12.7. The molecule has 8 nitrogen and oxygen atoms in total. The molecule has 1 amide bonds. The zero-order valence-electron chi connectivity index (χ0n) is 16.4. The van der Waals surface area contributed by atoms with Gasteiger partial charge in [-0.2, -0.15) is 0 Å². The van der Waals surface area contributed by atoms with Gasteiger partial charge in [0, 0.05) is 12.7 Å². The van der Waals surface area contributed by atoms with E-state index in [1.807, 2.05) is 11.9 Å². The molecule has 1 aromatic heterocycles. The maximum Gasteiger partial charge on any atom is 0.253 e. The van der Waals surface area contributed by atoms with Crippen molar-refractivity contribution in [2.45, 2.75) is 30.4 Å². The van der Waals surface area contributed by atoms with E-state index in [9.17, 15) is 23.4 Å². The van der Waals surface area contributed by atoms with Crippen LogP contribution in [0.5, 0.6) is 0 Å². The Hall–Kier alpha value is -2.33. The van der Waals surface area contributed by atoms with E-state index in [-0.39, 0.29) is 35.8 Å². The Kier molecular flexibility index (Phi) is 6.33. The van der Waals surface area contributed by atoms with Gasteiger partial charge in [-0.15, -0.1) is 0 Å². The smallest absolute Gasteiger partial charge is 0.253 e. The molecule has 2 atom stereocenters. The number of carbonyl (C=O) groups excluding carboxylic acids is 1. The molecular weight excluding hydrogens is 394 g/mol. The van der Waals surface area contributed by atoms with E-state index in [2.05, 4.69) is 10.3 Å². The van der Waals surface area contributed by atoms with Crippen LogP contribution < -0.4 is 5.32 Å². The Morgan fingerprint density at radius 2 is 2.00 bits per heavy atom. The summed E-state index contributed by atoms with van der Waals surface area (Å²) in [6.45, 7) is 1.79. The number of benzene rings is 1. The molecule has 0 aliphatic carbocycles. The summed E-state index contributed by atoms with van der Waals surface area (Å²) in [5, 5.41) is 22.0. The highest BCUT2D eigenvalue weighted by molar-refractivity contribution is 7.91. The standard InChI is InChI=1S/C20H25N3O5S/c1-3-29(27,28)16-6-4-13(5-7-16)17(11-24)22-20(26)14-8-15-10-23(2)18(12-25)19(15)21-9-14/h4-9,17-18,24-25H,3,10-12H2,1-2H3,(H,22,26)/t17-,18+/m0/s1. The molecule has 3 rings (SSSR count). The number of aliphatic hydroxyl groups excluding tert-OH is 2. The van der Waals surface area contributed by atoms with Crippen molar-refractivity contribution in [1.82, 2.24) is 15.2 Å². The van der Waals surface area contributed by atoms with E-state index in [4.69, 9.17) is 0 Å². The Balaban J connectivity index is 1.76. The Morgan fingerprint density at radius 1 is 1.31 bits per heavy atom. The Bertz CT molecular complexity index is 992. The molecule has 0 bridgehead atoms. The highest BCUT2D eigenvalue weighted by Crippen LogP contribution is 2.30. The Morgan fingerprint density at radius 3 is 2.59 bits per heavy atom. The van der Waals surface area contributed by atoms with E-state index in [0.29, 0.717) is 17.7 Å². The summed E-state index contributed by atoms with van der Waals surface area (Å²) in [6, 6.07) is 7.02. The highest BCUT2D eigenvalue weighted by Gasteiger charge is 2.29. The first-order valence-electron chi connectivity index (χ1n) is 9.35. The zero-order valence-corrected chi connectivity index (χ0v) is 17.2. The van der Waals surface area contributed by atoms with Crippen LogP contribution in [0.1, 0.15) is 46.2 Å². The van der Waals surface area contributed by atoms with Gasteiger partial charge in [0.25, 0.3) is 5.91 Å². The van der Waals surface area contributed by atoms with Crippen molar-refractivity contribution < 1.29 is 23.4 Å². The lowest BCUT2D eigenvalue weighted by atomic mass is 10.1. The molecule has 1 aliphatic rings. The number of nitrogens with one attached hydrogen (secondary N) is 1. The second-order valence-electron chi connectivity index (χ2n) is 7.06. The van der Waals surface area contributed by atoms with Gasteiger partial charge in [0.05, 0.1) is 47.2 Å². The molecule has 0 fully saturated rings. The number of amides is 1. The van der Waals surface area contributed by atoms with Crippen molar-refractivity contribution in [1.29, 1.82) is 0 Å². The van der Waals surface area contributed by atoms with Gasteiger partial charge in [0.1, 0.15) is 0 Å². The van der Waals surface area contributed by atoms with Gasteiger partial charge < -0.3 is 15.5 Å². The number of pyridine rings is 1. The van der Waals surface area contributed by atoms with Gasteiger partial charge in [-0.3, -0.25) is 14.7 Å². The maximum atomic E-state index is 12.7. The lowest BCUT2D eigenvalue weighted by molar-refractivity contribution is 0.0915. The molecular formula is C20H25N3O5S. The lowest BCUT2D eigenvalue weighted by Gasteiger charge is -2.17. The predicted molar refractivity (Wildman–Crippen MR) is 107 cm³/mol. The fourth-order valence-electron chi connectivity index (χ4n) is 3.44. The van der Waals surface area contributed by atoms with Crippen molar-refractivity contribution in [2.75, 3.05) is 26.0 Å². The number of aliphatic hydroxyl groups is 2. The van der Waals surface area contributed by atoms with E-state index in [1.165, 1.54) is 18.3 Å². The first-order chi connectivity index (χ1) is 13.8. The minimum Gasteiger partial charge on any atom is -0.394 e. The average molecular weight is 420 g/mol. The number of hydrogen-bond acceptors (Lipinski definition) is 7. The fraction of sp³-hybridized carbons (Fsp3) is 0.400. The van der Waals surface area contributed by atoms with Gasteiger partial charge in [0.15, 0.2) is 9.84 Å². The van der Waals surface area contributed by atoms with Crippen LogP contribution in [0.3, 0.4) is 0 Å². The van der Waals surface area contributed by atoms with Crippen LogP contribution >= 0.6 is 0 Å². The van der Waals surface area contributed by atoms with Crippen LogP contribution in [0, 0.1) is 0 Å². The van der Waals surface area contributed by atoms with E-state index < -0.39 is 15.9 Å². The SMILES string of the molecule is CCS(=O)(=O)c1ccc([C@H](CO)NC(=O)c2cnc3c(c2)CN(C)[C@@H]3CO)cc1. The summed E-state index contributed by atoms with van der Waals surface area (Å²) in [7, 11) is -1.43. The molecule has 156 valence electrons. The molecule has 1 aromatic carbocycles. The van der Waals surface area contributed by atoms with Crippen molar-refractivity contribution in [3.8, 4) is 0 Å². The predicted octanol–water partition coefficient (Wildman–Crippen LogP) is 0.817. The number of carbonyl (C=O) groups is 1. The molecule has 0 saturated carbocycles. The summed E-state index contributed by atoms with van der Waals surface area (Å²) >= 11 is 0. The van der Waals surface area contributed by atoms with E-state index >= 15 is 0 Å². The van der Waals surface area contributed by atoms with Crippen LogP contribution in [-0.2, 0) is 16.4 Å². The number of sulfone groups is 1. The third-order valence-corrected chi connectivity index (χ3v) is 6.96. The van der Waals surface area contributed by atoms with E-state index in [1.54, 1.807) is 25.1 Å².